The molecule has 2 heterocycles. The molecule has 2 fully saturated rings. The Labute approximate surface area is 191 Å². The molecule has 0 aromatic heterocycles. The Morgan fingerprint density at radius 3 is 2.58 bits per heavy atom. The number of esters is 1. The number of cyclic esters (lactones) is 1. The van der Waals surface area contributed by atoms with Crippen molar-refractivity contribution in [3.63, 3.8) is 0 Å². The number of rotatable bonds is 7. The largest absolute Gasteiger partial charge is 0.458 e. The predicted octanol–water partition coefficient (Wildman–Crippen LogP) is 2.36. The van der Waals surface area contributed by atoms with Crippen molar-refractivity contribution >= 4 is 23.4 Å². The number of para-hydroxylation sites is 1. The van der Waals surface area contributed by atoms with Crippen LogP contribution < -0.4 is 10.2 Å². The molecule has 174 valence electrons. The summed E-state index contributed by atoms with van der Waals surface area (Å²) in [6, 6.07) is 14.2. The maximum Gasteiger partial charge on any atom is 0.408 e. The number of piperazine rings is 1. The molecule has 0 unspecified atom stereocenters. The second-order valence-electron chi connectivity index (χ2n) is 8.12. The molecule has 0 spiro atoms. The van der Waals surface area contributed by atoms with Crippen molar-refractivity contribution < 1.29 is 24.0 Å². The zero-order chi connectivity index (χ0) is 23.4. The van der Waals surface area contributed by atoms with E-state index in [-0.39, 0.29) is 29.5 Å². The summed E-state index contributed by atoms with van der Waals surface area (Å²) >= 11 is 0. The van der Waals surface area contributed by atoms with Crippen molar-refractivity contribution in [2.45, 2.75) is 19.1 Å². The van der Waals surface area contributed by atoms with E-state index in [0.29, 0.717) is 6.54 Å². The summed E-state index contributed by atoms with van der Waals surface area (Å²) in [7, 11) is 0. The van der Waals surface area contributed by atoms with Gasteiger partial charge in [-0.25, -0.2) is 9.59 Å². The number of ether oxygens (including phenoxy) is 2. The average Bonchev–Trinajstić information content (AvgIpc) is 3.17. The number of amides is 1. The lowest BCUT2D eigenvalue weighted by Gasteiger charge is -2.37. The highest BCUT2D eigenvalue weighted by Crippen LogP contribution is 2.22. The van der Waals surface area contributed by atoms with Crippen molar-refractivity contribution in [3.8, 4) is 0 Å². The van der Waals surface area contributed by atoms with Crippen LogP contribution in [-0.2, 0) is 9.47 Å². The van der Waals surface area contributed by atoms with Crippen molar-refractivity contribution in [3.05, 3.63) is 69.8 Å². The van der Waals surface area contributed by atoms with Crippen LogP contribution in [0.1, 0.15) is 15.9 Å². The number of benzene rings is 2. The Hall–Kier alpha value is -3.66. The first kappa shape index (κ1) is 22.5. The number of carbonyl (C=O) groups is 2. The molecule has 0 bridgehead atoms. The molecule has 0 aliphatic carbocycles. The molecule has 2 saturated heterocycles. The molecule has 10 nitrogen and oxygen atoms in total. The van der Waals surface area contributed by atoms with E-state index in [9.17, 15) is 19.7 Å². The summed E-state index contributed by atoms with van der Waals surface area (Å²) in [6.07, 6.45) is -1.18. The standard InChI is InChI=1S/C23H26N4O6/c1-16-18(8-5-9-20(16)27(30)31)22(28)32-15-21-19(24-23(29)33-21)14-25-10-12-26(13-11-25)17-6-3-2-4-7-17/h2-9,19,21H,10-15H2,1H3,(H,24,29)/t19-,21-/m1/s1. The molecular formula is C23H26N4O6. The van der Waals surface area contributed by atoms with Gasteiger partial charge in [0, 0.05) is 50.0 Å². The molecule has 2 aromatic carbocycles. The summed E-state index contributed by atoms with van der Waals surface area (Å²) in [5.74, 6) is -0.686. The minimum atomic E-state index is -0.686. The van der Waals surface area contributed by atoms with Gasteiger partial charge in [0.15, 0.2) is 6.10 Å². The van der Waals surface area contributed by atoms with Crippen LogP contribution >= 0.6 is 0 Å². The fraction of sp³-hybridized carbons (Fsp3) is 0.391. The van der Waals surface area contributed by atoms with Gasteiger partial charge in [-0.15, -0.1) is 0 Å². The molecule has 2 aromatic rings. The number of alkyl carbamates (subject to hydrolysis) is 1. The fourth-order valence-corrected chi connectivity index (χ4v) is 4.19. The van der Waals surface area contributed by atoms with Crippen LogP contribution in [0.15, 0.2) is 48.5 Å². The van der Waals surface area contributed by atoms with Gasteiger partial charge >= 0.3 is 12.1 Å². The van der Waals surface area contributed by atoms with Gasteiger partial charge in [0.25, 0.3) is 5.69 Å². The second kappa shape index (κ2) is 9.86. The number of carbonyl (C=O) groups excluding carboxylic acids is 2. The van der Waals surface area contributed by atoms with Gasteiger partial charge in [0.1, 0.15) is 6.61 Å². The predicted molar refractivity (Wildman–Crippen MR) is 120 cm³/mol. The molecule has 2 aliphatic heterocycles. The number of nitro benzene ring substituents is 1. The first-order chi connectivity index (χ1) is 15.9. The lowest BCUT2D eigenvalue weighted by molar-refractivity contribution is -0.385. The molecule has 2 aliphatic rings. The van der Waals surface area contributed by atoms with Crippen LogP contribution in [0.3, 0.4) is 0 Å². The van der Waals surface area contributed by atoms with E-state index in [2.05, 4.69) is 27.2 Å². The lowest BCUT2D eigenvalue weighted by atomic mass is 10.1. The summed E-state index contributed by atoms with van der Waals surface area (Å²) in [5, 5.41) is 13.9. The number of hydrogen-bond donors (Lipinski definition) is 1. The van der Waals surface area contributed by atoms with Crippen molar-refractivity contribution in [1.29, 1.82) is 0 Å². The lowest BCUT2D eigenvalue weighted by Crippen LogP contribution is -2.52. The Morgan fingerprint density at radius 1 is 1.15 bits per heavy atom. The maximum absolute atomic E-state index is 12.5. The van der Waals surface area contributed by atoms with Gasteiger partial charge in [-0.1, -0.05) is 24.3 Å². The van der Waals surface area contributed by atoms with Crippen LogP contribution in [0.4, 0.5) is 16.2 Å². The first-order valence-electron chi connectivity index (χ1n) is 10.8. The van der Waals surface area contributed by atoms with Gasteiger partial charge in [0.05, 0.1) is 16.5 Å². The Bertz CT molecular complexity index is 1020. The number of nitrogens with zero attached hydrogens (tertiary/aromatic N) is 3. The van der Waals surface area contributed by atoms with E-state index in [1.54, 1.807) is 0 Å². The molecule has 1 amide bonds. The van der Waals surface area contributed by atoms with E-state index >= 15 is 0 Å². The minimum Gasteiger partial charge on any atom is -0.458 e. The van der Waals surface area contributed by atoms with Crippen molar-refractivity contribution in [1.82, 2.24) is 10.2 Å². The fourth-order valence-electron chi connectivity index (χ4n) is 4.19. The highest BCUT2D eigenvalue weighted by atomic mass is 16.6. The number of nitro groups is 1. The van der Waals surface area contributed by atoms with Crippen LogP contribution in [0.25, 0.3) is 0 Å². The monoisotopic (exact) mass is 454 g/mol. The topological polar surface area (TPSA) is 114 Å². The van der Waals surface area contributed by atoms with E-state index in [0.717, 1.165) is 26.2 Å². The van der Waals surface area contributed by atoms with Crippen LogP contribution in [0.5, 0.6) is 0 Å². The van der Waals surface area contributed by atoms with Gasteiger partial charge < -0.3 is 19.7 Å². The second-order valence-corrected chi connectivity index (χ2v) is 8.12. The van der Waals surface area contributed by atoms with E-state index in [4.69, 9.17) is 9.47 Å². The normalized spacial score (nSPS) is 20.8. The summed E-state index contributed by atoms with van der Waals surface area (Å²) in [5.41, 5.74) is 1.40. The van der Waals surface area contributed by atoms with Crippen molar-refractivity contribution in [2.75, 3.05) is 44.2 Å². The number of anilines is 1. The van der Waals surface area contributed by atoms with Crippen LogP contribution in [0.2, 0.25) is 0 Å². The number of nitrogens with one attached hydrogen (secondary N) is 1. The zero-order valence-corrected chi connectivity index (χ0v) is 18.3. The van der Waals surface area contributed by atoms with Crippen LogP contribution in [0, 0.1) is 17.0 Å². The third-order valence-corrected chi connectivity index (χ3v) is 6.06. The van der Waals surface area contributed by atoms with E-state index in [1.807, 2.05) is 18.2 Å². The molecule has 2 atom stereocenters. The van der Waals surface area contributed by atoms with Gasteiger partial charge in [-0.3, -0.25) is 15.0 Å². The molecular weight excluding hydrogens is 428 g/mol. The highest BCUT2D eigenvalue weighted by Gasteiger charge is 2.37. The zero-order valence-electron chi connectivity index (χ0n) is 18.3. The molecule has 4 rings (SSSR count). The quantitative estimate of drug-likeness (QED) is 0.385. The summed E-state index contributed by atoms with van der Waals surface area (Å²) < 4.78 is 10.7. The van der Waals surface area contributed by atoms with Crippen LogP contribution in [-0.4, -0.2) is 73.4 Å². The minimum absolute atomic E-state index is 0.120. The smallest absolute Gasteiger partial charge is 0.408 e. The third kappa shape index (κ3) is 5.23. The van der Waals surface area contributed by atoms with Gasteiger partial charge in [-0.2, -0.15) is 0 Å². The van der Waals surface area contributed by atoms with Crippen molar-refractivity contribution in [2.24, 2.45) is 0 Å². The molecule has 1 N–H and O–H groups in total. The van der Waals surface area contributed by atoms with Gasteiger partial charge in [-0.05, 0) is 25.1 Å². The first-order valence-corrected chi connectivity index (χ1v) is 10.8. The molecule has 0 radical (unpaired) electrons. The third-order valence-electron chi connectivity index (χ3n) is 6.06. The van der Waals surface area contributed by atoms with Gasteiger partial charge in [0.2, 0.25) is 0 Å². The number of hydrogen-bond acceptors (Lipinski definition) is 8. The Morgan fingerprint density at radius 2 is 1.88 bits per heavy atom. The SMILES string of the molecule is Cc1c(C(=O)OC[C@H]2OC(=O)N[C@@H]2CN2CCN(c3ccccc3)CC2)cccc1[N+](=O)[O-]. The van der Waals surface area contributed by atoms with E-state index < -0.39 is 23.1 Å². The molecule has 33 heavy (non-hydrogen) atoms. The average molecular weight is 454 g/mol. The Balaban J connectivity index is 1.31. The highest BCUT2D eigenvalue weighted by molar-refractivity contribution is 5.92. The molecule has 10 heteroatoms. The maximum atomic E-state index is 12.5. The Kier molecular flexibility index (Phi) is 6.74. The summed E-state index contributed by atoms with van der Waals surface area (Å²) in [6.45, 7) is 5.36. The summed E-state index contributed by atoms with van der Waals surface area (Å²) in [4.78, 5) is 39.5. The van der Waals surface area contributed by atoms with E-state index in [1.165, 1.54) is 30.8 Å². The molecule has 0 saturated carbocycles.